The Labute approximate surface area is 165 Å². The van der Waals surface area contributed by atoms with Crippen LogP contribution in [0.5, 0.6) is 0 Å². The van der Waals surface area contributed by atoms with Crippen LogP contribution in [0.4, 0.5) is 5.69 Å². The molecule has 0 atom stereocenters. The predicted octanol–water partition coefficient (Wildman–Crippen LogP) is 4.47. The molecule has 4 nitrogen and oxygen atoms in total. The fourth-order valence-electron chi connectivity index (χ4n) is 3.23. The fraction of sp³-hybridized carbons (Fsp3) is 0.368. The molecule has 1 aliphatic heterocycles. The second-order valence-electron chi connectivity index (χ2n) is 6.77. The average Bonchev–Trinajstić information content (AvgIpc) is 2.55. The second-order valence-corrected chi connectivity index (χ2v) is 9.66. The van der Waals surface area contributed by atoms with Gasteiger partial charge < -0.3 is 5.32 Å². The predicted molar refractivity (Wildman–Crippen MR) is 108 cm³/mol. The van der Waals surface area contributed by atoms with E-state index in [0.29, 0.717) is 21.0 Å². The lowest BCUT2D eigenvalue weighted by molar-refractivity contribution is 0.211. The lowest BCUT2D eigenvalue weighted by atomic mass is 10.0. The topological polar surface area (TPSA) is 49.4 Å². The van der Waals surface area contributed by atoms with Gasteiger partial charge in [-0.3, -0.25) is 4.90 Å². The van der Waals surface area contributed by atoms with Crippen LogP contribution in [0, 0.1) is 0 Å². The number of anilines is 1. The van der Waals surface area contributed by atoms with Gasteiger partial charge >= 0.3 is 0 Å². The van der Waals surface area contributed by atoms with E-state index in [1.54, 1.807) is 18.2 Å². The summed E-state index contributed by atoms with van der Waals surface area (Å²) >= 11 is 12.1. The zero-order chi connectivity index (χ0) is 18.7. The minimum absolute atomic E-state index is 0.345. The van der Waals surface area contributed by atoms with E-state index in [2.05, 4.69) is 10.2 Å². The first-order valence-corrected chi connectivity index (χ1v) is 11.2. The summed E-state index contributed by atoms with van der Waals surface area (Å²) in [5.74, 6) is 0. The molecule has 0 saturated carbocycles. The van der Waals surface area contributed by atoms with Crippen molar-refractivity contribution in [2.45, 2.75) is 30.3 Å². The molecule has 0 aliphatic carbocycles. The Balaban J connectivity index is 1.52. The summed E-state index contributed by atoms with van der Waals surface area (Å²) in [5.41, 5.74) is 2.09. The van der Waals surface area contributed by atoms with Crippen molar-refractivity contribution in [3.05, 3.63) is 58.1 Å². The van der Waals surface area contributed by atoms with Crippen LogP contribution in [0.1, 0.15) is 18.4 Å². The molecule has 7 heteroatoms. The Morgan fingerprint density at radius 3 is 2.15 bits per heavy atom. The van der Waals surface area contributed by atoms with Crippen molar-refractivity contribution in [2.24, 2.45) is 0 Å². The molecule has 2 aromatic rings. The van der Waals surface area contributed by atoms with Crippen LogP contribution < -0.4 is 5.32 Å². The molecule has 0 spiro atoms. The second kappa shape index (κ2) is 8.17. The van der Waals surface area contributed by atoms with Gasteiger partial charge in [-0.2, -0.15) is 0 Å². The third kappa shape index (κ3) is 5.36. The standard InChI is InChI=1S/C19H22Cl2N2O2S/c1-26(24,25)19-4-2-17(3-5-19)22-18-6-8-23(9-7-18)13-14-10-15(20)12-16(21)11-14/h2-5,10-12,18,22H,6-9,13H2,1H3. The smallest absolute Gasteiger partial charge is 0.175 e. The molecule has 1 heterocycles. The Bertz CT molecular complexity index is 841. The molecular weight excluding hydrogens is 391 g/mol. The SMILES string of the molecule is CS(=O)(=O)c1ccc(NC2CCN(Cc3cc(Cl)cc(Cl)c3)CC2)cc1. The van der Waals surface area contributed by atoms with E-state index in [1.807, 2.05) is 24.3 Å². The van der Waals surface area contributed by atoms with E-state index in [4.69, 9.17) is 23.2 Å². The first kappa shape index (κ1) is 19.5. The molecule has 1 saturated heterocycles. The Hall–Kier alpha value is -1.27. The maximum Gasteiger partial charge on any atom is 0.175 e. The minimum Gasteiger partial charge on any atom is -0.382 e. The van der Waals surface area contributed by atoms with Gasteiger partial charge in [-0.05, 0) is 60.9 Å². The number of benzene rings is 2. The Morgan fingerprint density at radius 1 is 1.04 bits per heavy atom. The van der Waals surface area contributed by atoms with Crippen molar-refractivity contribution in [2.75, 3.05) is 24.7 Å². The van der Waals surface area contributed by atoms with Crippen LogP contribution in [0.15, 0.2) is 47.4 Å². The van der Waals surface area contributed by atoms with Crippen LogP contribution in [-0.2, 0) is 16.4 Å². The largest absolute Gasteiger partial charge is 0.382 e. The molecule has 1 aliphatic rings. The van der Waals surface area contributed by atoms with E-state index in [0.717, 1.165) is 43.7 Å². The number of likely N-dealkylation sites (tertiary alicyclic amines) is 1. The van der Waals surface area contributed by atoms with Gasteiger partial charge in [0, 0.05) is 47.7 Å². The van der Waals surface area contributed by atoms with Gasteiger partial charge in [0.15, 0.2) is 9.84 Å². The van der Waals surface area contributed by atoms with Crippen LogP contribution in [0.3, 0.4) is 0 Å². The zero-order valence-corrected chi connectivity index (χ0v) is 16.9. The van der Waals surface area contributed by atoms with Crippen LogP contribution in [-0.4, -0.2) is 38.7 Å². The van der Waals surface area contributed by atoms with Gasteiger partial charge in [-0.25, -0.2) is 8.42 Å². The molecule has 26 heavy (non-hydrogen) atoms. The normalized spacial score (nSPS) is 16.6. The zero-order valence-electron chi connectivity index (χ0n) is 14.6. The number of rotatable bonds is 5. The molecule has 0 aromatic heterocycles. The van der Waals surface area contributed by atoms with Gasteiger partial charge in [0.2, 0.25) is 0 Å². The Morgan fingerprint density at radius 2 is 1.62 bits per heavy atom. The van der Waals surface area contributed by atoms with Gasteiger partial charge in [-0.15, -0.1) is 0 Å². The van der Waals surface area contributed by atoms with Gasteiger partial charge in [0.1, 0.15) is 0 Å². The lowest BCUT2D eigenvalue weighted by Gasteiger charge is -2.33. The number of piperidine rings is 1. The summed E-state index contributed by atoms with van der Waals surface area (Å²) in [6.45, 7) is 2.82. The van der Waals surface area contributed by atoms with E-state index < -0.39 is 9.84 Å². The molecule has 0 bridgehead atoms. The summed E-state index contributed by atoms with van der Waals surface area (Å²) < 4.78 is 23.0. The number of hydrogen-bond acceptors (Lipinski definition) is 4. The first-order valence-electron chi connectivity index (χ1n) is 8.53. The number of nitrogens with zero attached hydrogens (tertiary/aromatic N) is 1. The summed E-state index contributed by atoms with van der Waals surface area (Å²) in [6, 6.07) is 13.0. The lowest BCUT2D eigenvalue weighted by Crippen LogP contribution is -2.38. The summed E-state index contributed by atoms with van der Waals surface area (Å²) in [7, 11) is -3.15. The number of sulfone groups is 1. The van der Waals surface area contributed by atoms with Crippen molar-refractivity contribution in [3.63, 3.8) is 0 Å². The average molecular weight is 413 g/mol. The van der Waals surface area contributed by atoms with Crippen LogP contribution >= 0.6 is 23.2 Å². The highest BCUT2D eigenvalue weighted by atomic mass is 35.5. The third-order valence-electron chi connectivity index (χ3n) is 4.57. The summed E-state index contributed by atoms with van der Waals surface area (Å²) in [4.78, 5) is 2.74. The van der Waals surface area contributed by atoms with Gasteiger partial charge in [0.25, 0.3) is 0 Å². The molecule has 1 N–H and O–H groups in total. The van der Waals surface area contributed by atoms with Crippen molar-refractivity contribution < 1.29 is 8.42 Å². The highest BCUT2D eigenvalue weighted by Gasteiger charge is 2.19. The van der Waals surface area contributed by atoms with E-state index in [1.165, 1.54) is 6.26 Å². The molecule has 2 aromatic carbocycles. The highest BCUT2D eigenvalue weighted by Crippen LogP contribution is 2.23. The maximum atomic E-state index is 11.5. The number of nitrogens with one attached hydrogen (secondary N) is 1. The first-order chi connectivity index (χ1) is 12.3. The molecule has 0 radical (unpaired) electrons. The Kier molecular flexibility index (Phi) is 6.13. The van der Waals surface area contributed by atoms with Crippen molar-refractivity contribution in [1.29, 1.82) is 0 Å². The van der Waals surface area contributed by atoms with Crippen LogP contribution in [0.2, 0.25) is 10.0 Å². The maximum absolute atomic E-state index is 11.5. The quantitative estimate of drug-likeness (QED) is 0.786. The van der Waals surface area contributed by atoms with E-state index in [-0.39, 0.29) is 0 Å². The number of hydrogen-bond donors (Lipinski definition) is 1. The van der Waals surface area contributed by atoms with Gasteiger partial charge in [-0.1, -0.05) is 23.2 Å². The van der Waals surface area contributed by atoms with Crippen molar-refractivity contribution >= 4 is 38.7 Å². The van der Waals surface area contributed by atoms with E-state index >= 15 is 0 Å². The fourth-order valence-corrected chi connectivity index (χ4v) is 4.43. The molecule has 0 amide bonds. The molecular formula is C19H22Cl2N2O2S. The summed E-state index contributed by atoms with van der Waals surface area (Å²) in [5, 5.41) is 4.83. The van der Waals surface area contributed by atoms with Crippen molar-refractivity contribution in [1.82, 2.24) is 4.90 Å². The molecule has 140 valence electrons. The third-order valence-corrected chi connectivity index (χ3v) is 6.13. The number of halogens is 2. The highest BCUT2D eigenvalue weighted by molar-refractivity contribution is 7.90. The van der Waals surface area contributed by atoms with E-state index in [9.17, 15) is 8.42 Å². The van der Waals surface area contributed by atoms with Crippen LogP contribution in [0.25, 0.3) is 0 Å². The van der Waals surface area contributed by atoms with Gasteiger partial charge in [0.05, 0.1) is 4.90 Å². The summed E-state index contributed by atoms with van der Waals surface area (Å²) in [6.07, 6.45) is 3.28. The monoisotopic (exact) mass is 412 g/mol. The minimum atomic E-state index is -3.15. The molecule has 1 fully saturated rings. The van der Waals surface area contributed by atoms with Crippen molar-refractivity contribution in [3.8, 4) is 0 Å². The molecule has 3 rings (SSSR count). The molecule has 0 unspecified atom stereocenters.